The van der Waals surface area contributed by atoms with Crippen molar-refractivity contribution >= 4 is 28.2 Å². The first-order chi connectivity index (χ1) is 9.03. The van der Waals surface area contributed by atoms with Gasteiger partial charge in [-0.05, 0) is 27.2 Å². The van der Waals surface area contributed by atoms with Gasteiger partial charge < -0.3 is 16.0 Å². The molecule has 0 aliphatic heterocycles. The number of nitrogens with one attached hydrogen (secondary N) is 1. The third kappa shape index (κ3) is 4.09. The van der Waals surface area contributed by atoms with E-state index < -0.39 is 0 Å². The van der Waals surface area contributed by atoms with Gasteiger partial charge in [-0.2, -0.15) is 0 Å². The Kier molecular flexibility index (Phi) is 6.08. The SMILES string of the molecule is CCCC(C)NC(=O)c1sc(N(CC)CC)nc1N. The number of rotatable bonds is 7. The van der Waals surface area contributed by atoms with Gasteiger partial charge in [-0.25, -0.2) is 4.98 Å². The Morgan fingerprint density at radius 2 is 2.05 bits per heavy atom. The molecule has 3 N–H and O–H groups in total. The van der Waals surface area contributed by atoms with Crippen LogP contribution in [0.2, 0.25) is 0 Å². The number of nitrogens with zero attached hydrogens (tertiary/aromatic N) is 2. The van der Waals surface area contributed by atoms with E-state index in [0.717, 1.165) is 31.1 Å². The van der Waals surface area contributed by atoms with E-state index in [4.69, 9.17) is 5.73 Å². The molecule has 5 nitrogen and oxygen atoms in total. The van der Waals surface area contributed by atoms with Gasteiger partial charge in [0.05, 0.1) is 0 Å². The van der Waals surface area contributed by atoms with Crippen LogP contribution in [0.3, 0.4) is 0 Å². The zero-order valence-electron chi connectivity index (χ0n) is 12.2. The maximum Gasteiger partial charge on any atom is 0.265 e. The second-order valence-electron chi connectivity index (χ2n) is 4.55. The van der Waals surface area contributed by atoms with Crippen LogP contribution < -0.4 is 16.0 Å². The summed E-state index contributed by atoms with van der Waals surface area (Å²) in [6.07, 6.45) is 2.01. The van der Waals surface area contributed by atoms with E-state index in [-0.39, 0.29) is 11.9 Å². The number of carbonyl (C=O) groups excluding carboxylic acids is 1. The van der Waals surface area contributed by atoms with Gasteiger partial charge in [-0.3, -0.25) is 4.79 Å². The smallest absolute Gasteiger partial charge is 0.265 e. The summed E-state index contributed by atoms with van der Waals surface area (Å²) in [5.41, 5.74) is 5.85. The average Bonchev–Trinajstić information content (AvgIpc) is 2.73. The summed E-state index contributed by atoms with van der Waals surface area (Å²) in [6, 6.07) is 0.163. The molecule has 0 saturated heterocycles. The summed E-state index contributed by atoms with van der Waals surface area (Å²) in [6.45, 7) is 9.94. The summed E-state index contributed by atoms with van der Waals surface area (Å²) >= 11 is 1.36. The monoisotopic (exact) mass is 284 g/mol. The summed E-state index contributed by atoms with van der Waals surface area (Å²) in [5, 5.41) is 3.77. The minimum Gasteiger partial charge on any atom is -0.382 e. The third-order valence-corrected chi connectivity index (χ3v) is 4.11. The molecule has 0 aliphatic carbocycles. The molecule has 6 heteroatoms. The van der Waals surface area contributed by atoms with Gasteiger partial charge in [0.2, 0.25) is 0 Å². The summed E-state index contributed by atoms with van der Waals surface area (Å²) in [7, 11) is 0. The molecule has 1 atom stereocenters. The standard InChI is InChI=1S/C13H24N4OS/c1-5-8-9(4)15-12(18)10-11(14)16-13(19-10)17(6-2)7-3/h9H,5-8,14H2,1-4H3,(H,15,18). The van der Waals surface area contributed by atoms with Crippen molar-refractivity contribution in [1.82, 2.24) is 10.3 Å². The molecule has 1 amide bonds. The molecular weight excluding hydrogens is 260 g/mol. The number of nitrogens with two attached hydrogens (primary N) is 1. The van der Waals surface area contributed by atoms with Crippen molar-refractivity contribution in [2.24, 2.45) is 0 Å². The second kappa shape index (κ2) is 7.33. The van der Waals surface area contributed by atoms with Crippen LogP contribution in [0.1, 0.15) is 50.2 Å². The molecule has 1 aromatic rings. The van der Waals surface area contributed by atoms with E-state index in [0.29, 0.717) is 10.7 Å². The normalized spacial score (nSPS) is 12.2. The number of aromatic nitrogens is 1. The summed E-state index contributed by atoms with van der Waals surface area (Å²) < 4.78 is 0. The number of hydrogen-bond acceptors (Lipinski definition) is 5. The highest BCUT2D eigenvalue weighted by molar-refractivity contribution is 7.18. The van der Waals surface area contributed by atoms with Gasteiger partial charge in [-0.15, -0.1) is 0 Å². The van der Waals surface area contributed by atoms with Crippen molar-refractivity contribution in [3.8, 4) is 0 Å². The molecule has 1 rings (SSSR count). The highest BCUT2D eigenvalue weighted by atomic mass is 32.1. The van der Waals surface area contributed by atoms with Crippen LogP contribution in [-0.4, -0.2) is 30.0 Å². The van der Waals surface area contributed by atoms with Crippen LogP contribution in [0, 0.1) is 0 Å². The Labute approximate surface area is 119 Å². The topological polar surface area (TPSA) is 71.2 Å². The molecule has 108 valence electrons. The fourth-order valence-electron chi connectivity index (χ4n) is 1.91. The van der Waals surface area contributed by atoms with Crippen molar-refractivity contribution in [3.05, 3.63) is 4.88 Å². The Bertz CT molecular complexity index is 415. The maximum atomic E-state index is 12.1. The second-order valence-corrected chi connectivity index (χ2v) is 5.52. The maximum absolute atomic E-state index is 12.1. The quantitative estimate of drug-likeness (QED) is 0.807. The zero-order chi connectivity index (χ0) is 14.4. The lowest BCUT2D eigenvalue weighted by Gasteiger charge is -2.16. The van der Waals surface area contributed by atoms with Crippen molar-refractivity contribution < 1.29 is 4.79 Å². The van der Waals surface area contributed by atoms with Crippen LogP contribution >= 0.6 is 11.3 Å². The highest BCUT2D eigenvalue weighted by Crippen LogP contribution is 2.28. The van der Waals surface area contributed by atoms with Crippen LogP contribution in [0.4, 0.5) is 10.9 Å². The zero-order valence-corrected chi connectivity index (χ0v) is 13.0. The highest BCUT2D eigenvalue weighted by Gasteiger charge is 2.19. The number of amides is 1. The molecule has 0 saturated carbocycles. The first-order valence-electron chi connectivity index (χ1n) is 6.85. The Morgan fingerprint density at radius 1 is 1.42 bits per heavy atom. The summed E-state index contributed by atoms with van der Waals surface area (Å²) in [5.74, 6) is 0.211. The molecule has 0 radical (unpaired) electrons. The molecule has 1 unspecified atom stereocenters. The fourth-order valence-corrected chi connectivity index (χ4v) is 2.92. The minimum atomic E-state index is -0.116. The van der Waals surface area contributed by atoms with Crippen LogP contribution in [0.15, 0.2) is 0 Å². The Hall–Kier alpha value is -1.30. The van der Waals surface area contributed by atoms with Gasteiger partial charge in [0.15, 0.2) is 5.13 Å². The molecule has 0 spiro atoms. The molecule has 0 fully saturated rings. The molecule has 1 heterocycles. The molecule has 0 bridgehead atoms. The predicted octanol–water partition coefficient (Wildman–Crippen LogP) is 2.49. The summed E-state index contributed by atoms with van der Waals surface area (Å²) in [4.78, 5) is 19.0. The van der Waals surface area contributed by atoms with E-state index in [9.17, 15) is 4.79 Å². The van der Waals surface area contributed by atoms with E-state index in [1.807, 2.05) is 6.92 Å². The largest absolute Gasteiger partial charge is 0.382 e. The van der Waals surface area contributed by atoms with E-state index in [1.165, 1.54) is 11.3 Å². The van der Waals surface area contributed by atoms with Crippen molar-refractivity contribution in [1.29, 1.82) is 0 Å². The van der Waals surface area contributed by atoms with E-state index in [2.05, 4.69) is 36.0 Å². The van der Waals surface area contributed by atoms with Gasteiger partial charge in [0.1, 0.15) is 10.7 Å². The number of nitrogen functional groups attached to an aromatic ring is 1. The van der Waals surface area contributed by atoms with Gasteiger partial charge in [0.25, 0.3) is 5.91 Å². The Balaban J connectivity index is 2.80. The van der Waals surface area contributed by atoms with Gasteiger partial charge in [0, 0.05) is 19.1 Å². The minimum absolute atomic E-state index is 0.116. The van der Waals surface area contributed by atoms with Gasteiger partial charge >= 0.3 is 0 Å². The molecule has 0 aromatic carbocycles. The average molecular weight is 284 g/mol. The first kappa shape index (κ1) is 15.8. The molecular formula is C13H24N4OS. The van der Waals surface area contributed by atoms with Crippen molar-refractivity contribution in [3.63, 3.8) is 0 Å². The molecule has 19 heavy (non-hydrogen) atoms. The Morgan fingerprint density at radius 3 is 2.58 bits per heavy atom. The lowest BCUT2D eigenvalue weighted by Crippen LogP contribution is -2.32. The molecule has 1 aromatic heterocycles. The van der Waals surface area contributed by atoms with E-state index >= 15 is 0 Å². The van der Waals surface area contributed by atoms with Gasteiger partial charge in [-0.1, -0.05) is 24.7 Å². The number of carbonyl (C=O) groups is 1. The molecule has 0 aliphatic rings. The number of hydrogen-bond donors (Lipinski definition) is 2. The van der Waals surface area contributed by atoms with Crippen molar-refractivity contribution in [2.45, 2.75) is 46.6 Å². The lowest BCUT2D eigenvalue weighted by atomic mass is 10.2. The van der Waals surface area contributed by atoms with Crippen LogP contribution in [-0.2, 0) is 0 Å². The van der Waals surface area contributed by atoms with Crippen LogP contribution in [0.25, 0.3) is 0 Å². The third-order valence-electron chi connectivity index (χ3n) is 2.98. The lowest BCUT2D eigenvalue weighted by molar-refractivity contribution is 0.0943. The first-order valence-corrected chi connectivity index (χ1v) is 7.67. The number of thiazole rings is 1. The van der Waals surface area contributed by atoms with E-state index in [1.54, 1.807) is 0 Å². The van der Waals surface area contributed by atoms with Crippen LogP contribution in [0.5, 0.6) is 0 Å². The fraction of sp³-hybridized carbons (Fsp3) is 0.692. The van der Waals surface area contributed by atoms with Crippen molar-refractivity contribution in [2.75, 3.05) is 23.7 Å². The number of anilines is 2. The predicted molar refractivity (Wildman–Crippen MR) is 81.9 cm³/mol.